The predicted molar refractivity (Wildman–Crippen MR) is 94.4 cm³/mol. The maximum Gasteiger partial charge on any atom is 0.268 e. The van der Waals surface area contributed by atoms with Crippen LogP contribution < -0.4 is 10.5 Å². The summed E-state index contributed by atoms with van der Waals surface area (Å²) in [5, 5.41) is 4.37. The highest BCUT2D eigenvalue weighted by Crippen LogP contribution is 2.12. The van der Waals surface area contributed by atoms with Crippen molar-refractivity contribution >= 4 is 5.69 Å². The van der Waals surface area contributed by atoms with Gasteiger partial charge < -0.3 is 14.4 Å². The van der Waals surface area contributed by atoms with Crippen molar-refractivity contribution in [1.82, 2.24) is 24.2 Å². The van der Waals surface area contributed by atoms with Crippen molar-refractivity contribution in [3.8, 4) is 0 Å². The molecule has 0 unspecified atom stereocenters. The summed E-state index contributed by atoms with van der Waals surface area (Å²) in [6, 6.07) is 1.72. The van der Waals surface area contributed by atoms with Gasteiger partial charge in [0.15, 0.2) is 0 Å². The molecule has 24 heavy (non-hydrogen) atoms. The number of nitrogens with zero attached hydrogens (tertiary/aromatic N) is 6. The van der Waals surface area contributed by atoms with Gasteiger partial charge in [0.25, 0.3) is 5.56 Å². The van der Waals surface area contributed by atoms with Crippen LogP contribution in [0.2, 0.25) is 0 Å². The molecule has 0 bridgehead atoms. The molecule has 1 fully saturated rings. The van der Waals surface area contributed by atoms with Crippen LogP contribution in [-0.4, -0.2) is 57.5 Å². The Kier molecular flexibility index (Phi) is 5.30. The first-order valence-corrected chi connectivity index (χ1v) is 8.68. The molecule has 130 valence electrons. The van der Waals surface area contributed by atoms with Gasteiger partial charge >= 0.3 is 0 Å². The van der Waals surface area contributed by atoms with E-state index in [9.17, 15) is 4.79 Å². The van der Waals surface area contributed by atoms with Crippen molar-refractivity contribution in [3.05, 3.63) is 40.8 Å². The minimum atomic E-state index is -0.0386. The van der Waals surface area contributed by atoms with Crippen molar-refractivity contribution in [2.24, 2.45) is 0 Å². The second-order valence-electron chi connectivity index (χ2n) is 6.31. The molecule has 7 nitrogen and oxygen atoms in total. The van der Waals surface area contributed by atoms with E-state index >= 15 is 0 Å². The Morgan fingerprint density at radius 1 is 1.17 bits per heavy atom. The molecule has 0 aliphatic carbocycles. The molecule has 2 aromatic heterocycles. The van der Waals surface area contributed by atoms with E-state index in [0.717, 1.165) is 50.5 Å². The molecular weight excluding hydrogens is 304 g/mol. The van der Waals surface area contributed by atoms with Gasteiger partial charge in [-0.25, -0.2) is 9.67 Å². The molecule has 0 amide bonds. The smallest absolute Gasteiger partial charge is 0.268 e. The standard InChI is InChI=1S/C17H26N6O/c1-3-16-18-5-8-22(16)11-12-23-17(24)13-15(14-19-23)21-7-4-6-20(2)9-10-21/h5,8,13-14H,3-4,6-7,9-12H2,1-2H3. The monoisotopic (exact) mass is 330 g/mol. The quantitative estimate of drug-likeness (QED) is 0.813. The molecule has 3 rings (SSSR count). The van der Waals surface area contributed by atoms with Gasteiger partial charge in [-0.05, 0) is 20.0 Å². The Morgan fingerprint density at radius 2 is 2.04 bits per heavy atom. The van der Waals surface area contributed by atoms with Crippen LogP contribution in [0.1, 0.15) is 19.2 Å². The number of aryl methyl sites for hydroxylation is 3. The SMILES string of the molecule is CCc1nccn1CCn1ncc(N2CCCN(C)CC2)cc1=O. The minimum Gasteiger partial charge on any atom is -0.369 e. The van der Waals surface area contributed by atoms with Crippen LogP contribution >= 0.6 is 0 Å². The number of rotatable bonds is 5. The van der Waals surface area contributed by atoms with E-state index in [4.69, 9.17) is 0 Å². The molecule has 0 N–H and O–H groups in total. The van der Waals surface area contributed by atoms with Gasteiger partial charge in [0.05, 0.1) is 18.4 Å². The van der Waals surface area contributed by atoms with E-state index in [2.05, 4.69) is 38.4 Å². The molecule has 1 aliphatic heterocycles. The number of hydrogen-bond donors (Lipinski definition) is 0. The van der Waals surface area contributed by atoms with E-state index in [1.165, 1.54) is 4.68 Å². The van der Waals surface area contributed by atoms with Crippen molar-refractivity contribution in [2.45, 2.75) is 32.9 Å². The van der Waals surface area contributed by atoms with Crippen LogP contribution in [0.25, 0.3) is 0 Å². The lowest BCUT2D eigenvalue weighted by Gasteiger charge is -2.22. The summed E-state index contributed by atoms with van der Waals surface area (Å²) >= 11 is 0. The topological polar surface area (TPSA) is 59.2 Å². The fraction of sp³-hybridized carbons (Fsp3) is 0.588. The summed E-state index contributed by atoms with van der Waals surface area (Å²) in [6.45, 7) is 7.39. The lowest BCUT2D eigenvalue weighted by atomic mass is 10.3. The lowest BCUT2D eigenvalue weighted by molar-refractivity contribution is 0.360. The fourth-order valence-corrected chi connectivity index (χ4v) is 3.13. The maximum atomic E-state index is 12.4. The van der Waals surface area contributed by atoms with Crippen molar-refractivity contribution < 1.29 is 0 Å². The first-order valence-electron chi connectivity index (χ1n) is 8.68. The molecule has 0 radical (unpaired) electrons. The van der Waals surface area contributed by atoms with E-state index < -0.39 is 0 Å². The predicted octanol–water partition coefficient (Wildman–Crippen LogP) is 0.844. The number of likely N-dealkylation sites (N-methyl/N-ethyl adjacent to an activating group) is 1. The van der Waals surface area contributed by atoms with Crippen molar-refractivity contribution in [3.63, 3.8) is 0 Å². The molecule has 0 atom stereocenters. The first-order chi connectivity index (χ1) is 11.7. The van der Waals surface area contributed by atoms with E-state index in [1.54, 1.807) is 12.3 Å². The van der Waals surface area contributed by atoms with Gasteiger partial charge in [-0.2, -0.15) is 5.10 Å². The largest absolute Gasteiger partial charge is 0.369 e. The average Bonchev–Trinajstić information content (AvgIpc) is 2.93. The van der Waals surface area contributed by atoms with Crippen molar-refractivity contribution in [2.75, 3.05) is 38.1 Å². The van der Waals surface area contributed by atoms with E-state index in [1.807, 2.05) is 12.4 Å². The van der Waals surface area contributed by atoms with Gasteiger partial charge in [-0.15, -0.1) is 0 Å². The number of imidazole rings is 1. The first kappa shape index (κ1) is 16.7. The van der Waals surface area contributed by atoms with Crippen LogP contribution in [0.3, 0.4) is 0 Å². The molecule has 1 saturated heterocycles. The third-order valence-electron chi connectivity index (χ3n) is 4.61. The van der Waals surface area contributed by atoms with Crippen LogP contribution in [0.15, 0.2) is 29.5 Å². The summed E-state index contributed by atoms with van der Waals surface area (Å²) in [5.41, 5.74) is 0.895. The number of hydrogen-bond acceptors (Lipinski definition) is 5. The zero-order chi connectivity index (χ0) is 16.9. The van der Waals surface area contributed by atoms with E-state index in [0.29, 0.717) is 13.1 Å². The van der Waals surface area contributed by atoms with Gasteiger partial charge in [0.1, 0.15) is 5.82 Å². The third kappa shape index (κ3) is 3.84. The van der Waals surface area contributed by atoms with Gasteiger partial charge in [0.2, 0.25) is 0 Å². The van der Waals surface area contributed by atoms with E-state index in [-0.39, 0.29) is 5.56 Å². The maximum absolute atomic E-state index is 12.4. The summed E-state index contributed by atoms with van der Waals surface area (Å²) in [7, 11) is 2.14. The molecule has 0 spiro atoms. The van der Waals surface area contributed by atoms with Crippen LogP contribution in [-0.2, 0) is 19.5 Å². The Hall–Kier alpha value is -2.15. The summed E-state index contributed by atoms with van der Waals surface area (Å²) in [4.78, 5) is 21.3. The van der Waals surface area contributed by atoms with Crippen LogP contribution in [0.5, 0.6) is 0 Å². The summed E-state index contributed by atoms with van der Waals surface area (Å²) < 4.78 is 3.61. The highest BCUT2D eigenvalue weighted by atomic mass is 16.1. The second kappa shape index (κ2) is 7.61. The third-order valence-corrected chi connectivity index (χ3v) is 4.61. The Morgan fingerprint density at radius 3 is 2.83 bits per heavy atom. The molecule has 7 heteroatoms. The number of anilines is 1. The van der Waals surface area contributed by atoms with Crippen molar-refractivity contribution in [1.29, 1.82) is 0 Å². The summed E-state index contributed by atoms with van der Waals surface area (Å²) in [5.74, 6) is 1.04. The van der Waals surface area contributed by atoms with Crippen LogP contribution in [0.4, 0.5) is 5.69 Å². The highest BCUT2D eigenvalue weighted by Gasteiger charge is 2.14. The minimum absolute atomic E-state index is 0.0386. The Labute approximate surface area is 142 Å². The molecule has 0 aromatic carbocycles. The number of aromatic nitrogens is 4. The molecule has 0 saturated carbocycles. The average molecular weight is 330 g/mol. The van der Waals surface area contributed by atoms with Crippen LogP contribution in [0, 0.1) is 0 Å². The normalized spacial score (nSPS) is 16.3. The molecule has 1 aliphatic rings. The molecule has 3 heterocycles. The Balaban J connectivity index is 1.67. The molecular formula is C17H26N6O. The van der Waals surface area contributed by atoms with Gasteiger partial charge in [-0.3, -0.25) is 4.79 Å². The lowest BCUT2D eigenvalue weighted by Crippen LogP contribution is -2.31. The second-order valence-corrected chi connectivity index (χ2v) is 6.31. The van der Waals surface area contributed by atoms with Gasteiger partial charge in [0, 0.05) is 51.1 Å². The summed E-state index contributed by atoms with van der Waals surface area (Å²) in [6.07, 6.45) is 7.57. The zero-order valence-corrected chi connectivity index (χ0v) is 14.6. The fourth-order valence-electron chi connectivity index (χ4n) is 3.13. The highest BCUT2D eigenvalue weighted by molar-refractivity contribution is 5.43. The van der Waals surface area contributed by atoms with Gasteiger partial charge in [-0.1, -0.05) is 6.92 Å². The zero-order valence-electron chi connectivity index (χ0n) is 14.6. The Bertz CT molecular complexity index is 722. The molecule has 2 aromatic rings.